The predicted molar refractivity (Wildman–Crippen MR) is 133 cm³/mol. The van der Waals surface area contributed by atoms with Crippen LogP contribution in [-0.4, -0.2) is 51.8 Å². The van der Waals surface area contributed by atoms with E-state index in [1.807, 2.05) is 42.7 Å². The summed E-state index contributed by atoms with van der Waals surface area (Å²) in [6, 6.07) is 10.9. The van der Waals surface area contributed by atoms with Gasteiger partial charge in [-0.2, -0.15) is 4.98 Å². The fourth-order valence-corrected chi connectivity index (χ4v) is 4.08. The van der Waals surface area contributed by atoms with E-state index < -0.39 is 0 Å². The van der Waals surface area contributed by atoms with E-state index in [9.17, 15) is 4.79 Å². The first-order valence-electron chi connectivity index (χ1n) is 11.6. The fraction of sp³-hybridized carbons (Fsp3) is 0.308. The Hall–Kier alpha value is -4.34. The van der Waals surface area contributed by atoms with Gasteiger partial charge >= 0.3 is 0 Å². The molecule has 0 radical (unpaired) electrons. The minimum atomic E-state index is -0.147. The number of aromatic nitrogens is 4. The molecule has 1 amide bonds. The molecule has 10 heteroatoms. The highest BCUT2D eigenvalue weighted by atomic mass is 16.5. The Labute approximate surface area is 209 Å². The number of hydrogen-bond acceptors (Lipinski definition) is 8. The average molecular weight is 492 g/mol. The normalized spacial score (nSPS) is 12.2. The molecule has 0 unspecified atom stereocenters. The highest BCUT2D eigenvalue weighted by Crippen LogP contribution is 2.34. The minimum Gasteiger partial charge on any atom is -0.497 e. The van der Waals surface area contributed by atoms with Gasteiger partial charge in [-0.05, 0) is 30.3 Å². The van der Waals surface area contributed by atoms with Crippen LogP contribution in [0.1, 0.15) is 41.4 Å². The summed E-state index contributed by atoms with van der Waals surface area (Å²) < 4.78 is 23.3. The van der Waals surface area contributed by atoms with E-state index in [1.165, 1.54) is 0 Å². The Kier molecular flexibility index (Phi) is 7.23. The van der Waals surface area contributed by atoms with E-state index in [1.54, 1.807) is 51.6 Å². The fourth-order valence-electron chi connectivity index (χ4n) is 4.08. The summed E-state index contributed by atoms with van der Waals surface area (Å²) in [5.41, 5.74) is 3.36. The maximum Gasteiger partial charge on any atom is 0.256 e. The van der Waals surface area contributed by atoms with Crippen LogP contribution < -0.4 is 14.2 Å². The van der Waals surface area contributed by atoms with Crippen molar-refractivity contribution in [2.24, 2.45) is 0 Å². The summed E-state index contributed by atoms with van der Waals surface area (Å²) >= 11 is 0. The monoisotopic (exact) mass is 491 g/mol. The second-order valence-corrected chi connectivity index (χ2v) is 7.77. The van der Waals surface area contributed by atoms with E-state index >= 15 is 0 Å². The molecule has 0 atom stereocenters. The molecule has 0 spiro atoms. The lowest BCUT2D eigenvalue weighted by Crippen LogP contribution is -2.29. The van der Waals surface area contributed by atoms with Crippen molar-refractivity contribution < 1.29 is 23.5 Å². The number of imidazole rings is 1. The standard InChI is InChI=1S/C24H23N5O5.C2H6/c1-14-26-23(27-34-14)22-20-12-28(11-15-5-6-17(32-3)10-21(15)33-4)24(30)18-9-16(31-2)7-8-19(18)29(20)13-25-22;1-2/h5-10,13H,11-12H2,1-4H3;1-2H3. The number of nitrogens with zero attached hydrogens (tertiary/aromatic N) is 5. The Balaban J connectivity index is 0.00000148. The smallest absolute Gasteiger partial charge is 0.256 e. The van der Waals surface area contributed by atoms with Gasteiger partial charge in [0.05, 0.1) is 51.4 Å². The maximum absolute atomic E-state index is 13.8. The van der Waals surface area contributed by atoms with Crippen LogP contribution in [0.4, 0.5) is 0 Å². The number of rotatable bonds is 6. The van der Waals surface area contributed by atoms with Crippen molar-refractivity contribution in [2.45, 2.75) is 33.9 Å². The quantitative estimate of drug-likeness (QED) is 0.390. The van der Waals surface area contributed by atoms with Crippen LogP contribution in [0.25, 0.3) is 17.2 Å². The van der Waals surface area contributed by atoms with Crippen LogP contribution in [0, 0.1) is 6.92 Å². The van der Waals surface area contributed by atoms with E-state index in [2.05, 4.69) is 15.1 Å². The van der Waals surface area contributed by atoms with Crippen LogP contribution in [0.3, 0.4) is 0 Å². The first-order chi connectivity index (χ1) is 17.5. The third-order valence-corrected chi connectivity index (χ3v) is 5.78. The summed E-state index contributed by atoms with van der Waals surface area (Å²) in [5.74, 6) is 2.55. The van der Waals surface area contributed by atoms with Crippen LogP contribution in [0.15, 0.2) is 47.2 Å². The molecule has 2 aromatic heterocycles. The lowest BCUT2D eigenvalue weighted by atomic mass is 10.1. The third-order valence-electron chi connectivity index (χ3n) is 5.78. The molecule has 4 aromatic rings. The zero-order valence-corrected chi connectivity index (χ0v) is 21.2. The predicted octanol–water partition coefficient (Wildman–Crippen LogP) is 4.44. The first kappa shape index (κ1) is 24.8. The van der Waals surface area contributed by atoms with Gasteiger partial charge in [0.2, 0.25) is 11.7 Å². The SMILES string of the molecule is CC.COc1ccc(CN2Cc3c(-c4noc(C)n4)ncn3-c3ccc(OC)cc3C2=O)c(OC)c1. The molecule has 2 aromatic carbocycles. The molecular weight excluding hydrogens is 462 g/mol. The van der Waals surface area contributed by atoms with Gasteiger partial charge in [0.15, 0.2) is 0 Å². The molecule has 3 heterocycles. The van der Waals surface area contributed by atoms with Crippen molar-refractivity contribution in [3.05, 3.63) is 65.4 Å². The molecule has 0 saturated carbocycles. The Morgan fingerprint density at radius 1 is 1.00 bits per heavy atom. The number of carbonyl (C=O) groups excluding carboxylic acids is 1. The van der Waals surface area contributed by atoms with Crippen molar-refractivity contribution >= 4 is 5.91 Å². The van der Waals surface area contributed by atoms with Crippen molar-refractivity contribution in [1.29, 1.82) is 0 Å². The summed E-state index contributed by atoms with van der Waals surface area (Å²) in [4.78, 5) is 24.4. The van der Waals surface area contributed by atoms with Gasteiger partial charge in [-0.1, -0.05) is 19.0 Å². The molecule has 5 rings (SSSR count). The van der Waals surface area contributed by atoms with Crippen molar-refractivity contribution in [3.8, 4) is 34.5 Å². The Morgan fingerprint density at radius 3 is 2.39 bits per heavy atom. The molecule has 0 N–H and O–H groups in total. The van der Waals surface area contributed by atoms with Crippen molar-refractivity contribution in [1.82, 2.24) is 24.6 Å². The van der Waals surface area contributed by atoms with E-state index in [0.29, 0.717) is 52.5 Å². The van der Waals surface area contributed by atoms with Crippen LogP contribution >= 0.6 is 0 Å². The molecular formula is C26H29N5O5. The summed E-state index contributed by atoms with van der Waals surface area (Å²) in [6.45, 7) is 6.30. The lowest BCUT2D eigenvalue weighted by Gasteiger charge is -2.22. The lowest BCUT2D eigenvalue weighted by molar-refractivity contribution is 0.0732. The van der Waals surface area contributed by atoms with Gasteiger partial charge in [0, 0.05) is 18.6 Å². The average Bonchev–Trinajstić information content (AvgIpc) is 3.52. The second-order valence-electron chi connectivity index (χ2n) is 7.77. The van der Waals surface area contributed by atoms with Crippen LogP contribution in [0.2, 0.25) is 0 Å². The maximum atomic E-state index is 13.8. The van der Waals surface area contributed by atoms with Crippen LogP contribution in [0.5, 0.6) is 17.2 Å². The number of benzene rings is 2. The van der Waals surface area contributed by atoms with Gasteiger partial charge in [-0.15, -0.1) is 0 Å². The largest absolute Gasteiger partial charge is 0.497 e. The summed E-state index contributed by atoms with van der Waals surface area (Å²) in [5, 5.41) is 4.04. The van der Waals surface area contributed by atoms with E-state index in [-0.39, 0.29) is 12.5 Å². The summed E-state index contributed by atoms with van der Waals surface area (Å²) in [7, 11) is 4.76. The number of hydrogen-bond donors (Lipinski definition) is 0. The number of methoxy groups -OCH3 is 3. The molecule has 188 valence electrons. The summed E-state index contributed by atoms with van der Waals surface area (Å²) in [6.07, 6.45) is 1.67. The second kappa shape index (κ2) is 10.5. The molecule has 1 aliphatic rings. The van der Waals surface area contributed by atoms with Crippen LogP contribution in [-0.2, 0) is 13.1 Å². The molecule has 0 aliphatic carbocycles. The molecule has 0 bridgehead atoms. The van der Waals surface area contributed by atoms with Gasteiger partial charge < -0.3 is 23.6 Å². The molecule has 0 saturated heterocycles. The highest BCUT2D eigenvalue weighted by Gasteiger charge is 2.31. The highest BCUT2D eigenvalue weighted by molar-refractivity contribution is 5.99. The molecule has 36 heavy (non-hydrogen) atoms. The zero-order chi connectivity index (χ0) is 25.8. The van der Waals surface area contributed by atoms with Crippen molar-refractivity contribution in [3.63, 3.8) is 0 Å². The number of fused-ring (bicyclic) bond motifs is 3. The molecule has 1 aliphatic heterocycles. The number of carbonyl (C=O) groups is 1. The third kappa shape index (κ3) is 4.49. The van der Waals surface area contributed by atoms with Gasteiger partial charge in [-0.25, -0.2) is 4.98 Å². The topological polar surface area (TPSA) is 105 Å². The van der Waals surface area contributed by atoms with E-state index in [4.69, 9.17) is 18.7 Å². The van der Waals surface area contributed by atoms with Crippen molar-refractivity contribution in [2.75, 3.05) is 21.3 Å². The van der Waals surface area contributed by atoms with Gasteiger partial charge in [0.1, 0.15) is 29.3 Å². The minimum absolute atomic E-state index is 0.147. The number of amides is 1. The Bertz CT molecular complexity index is 1380. The molecule has 0 fully saturated rings. The number of aryl methyl sites for hydroxylation is 1. The van der Waals surface area contributed by atoms with E-state index in [0.717, 1.165) is 11.3 Å². The van der Waals surface area contributed by atoms with Gasteiger partial charge in [0.25, 0.3) is 5.91 Å². The Morgan fingerprint density at radius 2 is 1.72 bits per heavy atom. The zero-order valence-electron chi connectivity index (χ0n) is 21.2. The van der Waals surface area contributed by atoms with Gasteiger partial charge in [-0.3, -0.25) is 9.36 Å². The number of ether oxygens (including phenoxy) is 3. The first-order valence-corrected chi connectivity index (χ1v) is 11.6. The molecule has 10 nitrogen and oxygen atoms in total.